The van der Waals surface area contributed by atoms with Crippen LogP contribution in [0.4, 0.5) is 10.1 Å². The van der Waals surface area contributed by atoms with E-state index in [9.17, 15) is 9.50 Å². The minimum Gasteiger partial charge on any atom is -0.391 e. The van der Waals surface area contributed by atoms with Gasteiger partial charge in [0.05, 0.1) is 17.8 Å². The average molecular weight is 274 g/mol. The summed E-state index contributed by atoms with van der Waals surface area (Å²) in [6, 6.07) is 4.74. The zero-order valence-electron chi connectivity index (χ0n) is 8.21. The van der Waals surface area contributed by atoms with Crippen LogP contribution in [-0.4, -0.2) is 17.3 Å². The van der Waals surface area contributed by atoms with E-state index in [0.717, 1.165) is 23.7 Å². The van der Waals surface area contributed by atoms with E-state index in [2.05, 4.69) is 21.2 Å². The first-order valence-electron chi connectivity index (χ1n) is 5.06. The maximum absolute atomic E-state index is 13.4. The number of hydrogen-bond acceptors (Lipinski definition) is 2. The van der Waals surface area contributed by atoms with Crippen LogP contribution in [0.5, 0.6) is 0 Å². The predicted molar refractivity (Wildman–Crippen MR) is 61.4 cm³/mol. The van der Waals surface area contributed by atoms with Gasteiger partial charge >= 0.3 is 0 Å². The molecule has 0 radical (unpaired) electrons. The summed E-state index contributed by atoms with van der Waals surface area (Å²) >= 11 is 3.29. The monoisotopic (exact) mass is 273 g/mol. The molecule has 0 unspecified atom stereocenters. The van der Waals surface area contributed by atoms with E-state index in [-0.39, 0.29) is 18.0 Å². The number of aliphatic hydroxyl groups is 1. The highest BCUT2D eigenvalue weighted by molar-refractivity contribution is 9.10. The summed E-state index contributed by atoms with van der Waals surface area (Å²) in [5, 5.41) is 12.7. The van der Waals surface area contributed by atoms with E-state index in [4.69, 9.17) is 0 Å². The number of anilines is 1. The Kier molecular flexibility index (Phi) is 3.26. The van der Waals surface area contributed by atoms with Gasteiger partial charge < -0.3 is 10.4 Å². The number of aliphatic hydroxyl groups excluding tert-OH is 1. The Morgan fingerprint density at radius 2 is 2.20 bits per heavy atom. The molecule has 0 bridgehead atoms. The van der Waals surface area contributed by atoms with E-state index in [1.54, 1.807) is 12.1 Å². The first kappa shape index (κ1) is 10.9. The van der Waals surface area contributed by atoms with Crippen LogP contribution in [0.2, 0.25) is 0 Å². The largest absolute Gasteiger partial charge is 0.391 e. The molecule has 0 saturated heterocycles. The molecule has 0 aliphatic heterocycles. The molecule has 0 amide bonds. The van der Waals surface area contributed by atoms with Gasteiger partial charge in [-0.25, -0.2) is 4.39 Å². The lowest BCUT2D eigenvalue weighted by Gasteiger charge is -2.18. The Bertz CT molecular complexity index is 358. The second-order valence-electron chi connectivity index (χ2n) is 3.87. The summed E-state index contributed by atoms with van der Waals surface area (Å²) in [4.78, 5) is 0. The molecule has 2 nitrogen and oxygen atoms in total. The van der Waals surface area contributed by atoms with Crippen molar-refractivity contribution in [1.82, 2.24) is 0 Å². The quantitative estimate of drug-likeness (QED) is 0.869. The van der Waals surface area contributed by atoms with Gasteiger partial charge in [-0.1, -0.05) is 15.9 Å². The van der Waals surface area contributed by atoms with Gasteiger partial charge in [0.1, 0.15) is 5.82 Å². The third-order valence-electron chi connectivity index (χ3n) is 2.75. The molecular formula is C11H13BrFNO. The Labute approximate surface area is 96.6 Å². The maximum atomic E-state index is 13.4. The van der Waals surface area contributed by atoms with Crippen LogP contribution >= 0.6 is 15.9 Å². The molecule has 1 aromatic rings. The topological polar surface area (TPSA) is 32.3 Å². The predicted octanol–water partition coefficient (Wildman–Crippen LogP) is 2.91. The first-order chi connectivity index (χ1) is 7.16. The summed E-state index contributed by atoms with van der Waals surface area (Å²) in [5.41, 5.74) is 0.454. The highest BCUT2D eigenvalue weighted by atomic mass is 79.9. The molecule has 2 atom stereocenters. The number of halogens is 2. The van der Waals surface area contributed by atoms with Crippen molar-refractivity contribution in [3.05, 3.63) is 28.5 Å². The van der Waals surface area contributed by atoms with E-state index in [1.165, 1.54) is 6.07 Å². The summed E-state index contributed by atoms with van der Waals surface area (Å²) < 4.78 is 14.2. The lowest BCUT2D eigenvalue weighted by atomic mass is 10.2. The molecular weight excluding hydrogens is 261 g/mol. The van der Waals surface area contributed by atoms with Gasteiger partial charge in [-0.15, -0.1) is 0 Å². The SMILES string of the molecule is O[C@H]1CCC[C@@H]1Nc1cc(Br)ccc1F. The molecule has 0 heterocycles. The van der Waals surface area contributed by atoms with Gasteiger partial charge in [0.15, 0.2) is 0 Å². The normalized spacial score (nSPS) is 25.5. The Balaban J connectivity index is 2.12. The summed E-state index contributed by atoms with van der Waals surface area (Å²) in [5.74, 6) is -0.280. The molecule has 1 aromatic carbocycles. The van der Waals surface area contributed by atoms with E-state index >= 15 is 0 Å². The highest BCUT2D eigenvalue weighted by Crippen LogP contribution is 2.26. The van der Waals surface area contributed by atoms with Crippen molar-refractivity contribution in [2.45, 2.75) is 31.4 Å². The fraction of sp³-hybridized carbons (Fsp3) is 0.455. The second-order valence-corrected chi connectivity index (χ2v) is 4.79. The molecule has 1 saturated carbocycles. The van der Waals surface area contributed by atoms with Crippen LogP contribution in [-0.2, 0) is 0 Å². The van der Waals surface area contributed by atoms with E-state index in [0.29, 0.717) is 5.69 Å². The molecule has 1 aliphatic carbocycles. The molecule has 2 rings (SSSR count). The molecule has 2 N–H and O–H groups in total. The number of nitrogens with one attached hydrogen (secondary N) is 1. The van der Waals surface area contributed by atoms with Crippen LogP contribution in [0, 0.1) is 5.82 Å². The Morgan fingerprint density at radius 1 is 1.40 bits per heavy atom. The molecule has 15 heavy (non-hydrogen) atoms. The fourth-order valence-electron chi connectivity index (χ4n) is 1.92. The van der Waals surface area contributed by atoms with Crippen molar-refractivity contribution in [3.63, 3.8) is 0 Å². The molecule has 1 aliphatic rings. The molecule has 4 heteroatoms. The highest BCUT2D eigenvalue weighted by Gasteiger charge is 2.25. The minimum atomic E-state index is -0.358. The van der Waals surface area contributed by atoms with Crippen molar-refractivity contribution in [1.29, 1.82) is 0 Å². The van der Waals surface area contributed by atoms with Crippen LogP contribution < -0.4 is 5.32 Å². The second kappa shape index (κ2) is 4.49. The minimum absolute atomic E-state index is 0.0196. The van der Waals surface area contributed by atoms with Gasteiger partial charge in [-0.3, -0.25) is 0 Å². The van der Waals surface area contributed by atoms with Crippen molar-refractivity contribution in [2.75, 3.05) is 5.32 Å². The first-order valence-corrected chi connectivity index (χ1v) is 5.86. The third-order valence-corrected chi connectivity index (χ3v) is 3.24. The van der Waals surface area contributed by atoms with Gasteiger partial charge in [0.2, 0.25) is 0 Å². The van der Waals surface area contributed by atoms with Crippen molar-refractivity contribution in [3.8, 4) is 0 Å². The zero-order chi connectivity index (χ0) is 10.8. The molecule has 1 fully saturated rings. The van der Waals surface area contributed by atoms with Crippen LogP contribution in [0.25, 0.3) is 0 Å². The van der Waals surface area contributed by atoms with Gasteiger partial charge in [0.25, 0.3) is 0 Å². The Hall–Kier alpha value is -0.610. The summed E-state index contributed by atoms with van der Waals surface area (Å²) in [6.07, 6.45) is 2.33. The molecule has 0 aromatic heterocycles. The van der Waals surface area contributed by atoms with Crippen molar-refractivity contribution in [2.24, 2.45) is 0 Å². The van der Waals surface area contributed by atoms with Gasteiger partial charge in [0, 0.05) is 4.47 Å². The van der Waals surface area contributed by atoms with Gasteiger partial charge in [-0.05, 0) is 37.5 Å². The smallest absolute Gasteiger partial charge is 0.146 e. The van der Waals surface area contributed by atoms with E-state index in [1.807, 2.05) is 0 Å². The van der Waals surface area contributed by atoms with E-state index < -0.39 is 0 Å². The van der Waals surface area contributed by atoms with Crippen LogP contribution in [0.1, 0.15) is 19.3 Å². The lowest BCUT2D eigenvalue weighted by molar-refractivity contribution is 0.171. The maximum Gasteiger partial charge on any atom is 0.146 e. The van der Waals surface area contributed by atoms with Gasteiger partial charge in [-0.2, -0.15) is 0 Å². The average Bonchev–Trinajstić information content (AvgIpc) is 2.58. The van der Waals surface area contributed by atoms with Crippen molar-refractivity contribution < 1.29 is 9.50 Å². The Morgan fingerprint density at radius 3 is 2.87 bits per heavy atom. The fourth-order valence-corrected chi connectivity index (χ4v) is 2.28. The molecule has 82 valence electrons. The standard InChI is InChI=1S/C11H13BrFNO/c12-7-4-5-8(13)10(6-7)14-9-2-1-3-11(9)15/h4-6,9,11,14-15H,1-3H2/t9-,11-/m0/s1. The van der Waals surface area contributed by atoms with Crippen LogP contribution in [0.3, 0.4) is 0 Å². The number of hydrogen-bond donors (Lipinski definition) is 2. The number of rotatable bonds is 2. The number of benzene rings is 1. The molecule has 0 spiro atoms. The summed E-state index contributed by atoms with van der Waals surface area (Å²) in [6.45, 7) is 0. The van der Waals surface area contributed by atoms with Crippen LogP contribution in [0.15, 0.2) is 22.7 Å². The summed E-state index contributed by atoms with van der Waals surface area (Å²) in [7, 11) is 0. The lowest BCUT2D eigenvalue weighted by Crippen LogP contribution is -2.28. The van der Waals surface area contributed by atoms with Crippen molar-refractivity contribution >= 4 is 21.6 Å². The third kappa shape index (κ3) is 2.49. The zero-order valence-corrected chi connectivity index (χ0v) is 9.80.